The van der Waals surface area contributed by atoms with Crippen molar-refractivity contribution in [2.75, 3.05) is 48.9 Å². The lowest BCUT2D eigenvalue weighted by atomic mass is 9.97. The van der Waals surface area contributed by atoms with Gasteiger partial charge in [-0.1, -0.05) is 11.9 Å². The van der Waals surface area contributed by atoms with Gasteiger partial charge in [-0.25, -0.2) is 4.98 Å². The van der Waals surface area contributed by atoms with Crippen LogP contribution in [0.15, 0.2) is 47.3 Å². The van der Waals surface area contributed by atoms with E-state index in [9.17, 15) is 0 Å². The van der Waals surface area contributed by atoms with E-state index in [-0.39, 0.29) is 0 Å². The van der Waals surface area contributed by atoms with E-state index < -0.39 is 0 Å². The minimum Gasteiger partial charge on any atom is -0.496 e. The fourth-order valence-electron chi connectivity index (χ4n) is 4.48. The van der Waals surface area contributed by atoms with Gasteiger partial charge < -0.3 is 24.6 Å². The van der Waals surface area contributed by atoms with Gasteiger partial charge in [0.1, 0.15) is 17.1 Å². The van der Waals surface area contributed by atoms with Gasteiger partial charge in [0, 0.05) is 57.1 Å². The second-order valence-electron chi connectivity index (χ2n) is 8.86. The summed E-state index contributed by atoms with van der Waals surface area (Å²) in [6.07, 6.45) is 8.21. The molecule has 192 valence electrons. The Morgan fingerprint density at radius 1 is 1.16 bits per heavy atom. The number of halogens is 1. The molecule has 0 aliphatic carbocycles. The van der Waals surface area contributed by atoms with Gasteiger partial charge in [0.25, 0.3) is 0 Å². The minimum absolute atomic E-state index is 0.517. The van der Waals surface area contributed by atoms with Crippen molar-refractivity contribution < 1.29 is 4.74 Å². The summed E-state index contributed by atoms with van der Waals surface area (Å²) in [4.78, 5) is 20.6. The predicted octanol–water partition coefficient (Wildman–Crippen LogP) is 5.25. The Hall–Kier alpha value is -3.15. The molecule has 37 heavy (non-hydrogen) atoms. The number of benzene rings is 2. The summed E-state index contributed by atoms with van der Waals surface area (Å²) in [6.45, 7) is 2.56. The van der Waals surface area contributed by atoms with Crippen LogP contribution in [0, 0.1) is 0 Å². The molecule has 2 aromatic heterocycles. The number of methoxy groups -OCH3 is 1. The Bertz CT molecular complexity index is 1440. The molecule has 9 nitrogen and oxygen atoms in total. The van der Waals surface area contributed by atoms with Crippen molar-refractivity contribution in [1.29, 1.82) is 0 Å². The van der Waals surface area contributed by atoms with E-state index in [1.165, 1.54) is 11.1 Å². The lowest BCUT2D eigenvalue weighted by molar-refractivity contribution is 0.311. The molecule has 5 rings (SSSR count). The zero-order valence-electron chi connectivity index (χ0n) is 21.2. The predicted molar refractivity (Wildman–Crippen MR) is 155 cm³/mol. The highest BCUT2D eigenvalue weighted by molar-refractivity contribution is 9.10. The first-order valence-corrected chi connectivity index (χ1v) is 13.9. The van der Waals surface area contributed by atoms with Crippen LogP contribution in [-0.4, -0.2) is 58.8 Å². The van der Waals surface area contributed by atoms with Crippen molar-refractivity contribution in [2.45, 2.75) is 19.5 Å². The largest absolute Gasteiger partial charge is 0.496 e. The average Bonchev–Trinajstić information content (AvgIpc) is 2.92. The lowest BCUT2D eigenvalue weighted by Crippen LogP contribution is -2.26. The third-order valence-electron chi connectivity index (χ3n) is 6.44. The van der Waals surface area contributed by atoms with Crippen LogP contribution in [0.3, 0.4) is 0 Å². The topological polar surface area (TPSA) is 91.3 Å². The van der Waals surface area contributed by atoms with Gasteiger partial charge in [-0.2, -0.15) is 4.98 Å². The van der Waals surface area contributed by atoms with Gasteiger partial charge >= 0.3 is 0 Å². The molecular formula is C26H29BrN8OS. The van der Waals surface area contributed by atoms with Crippen molar-refractivity contribution >= 4 is 62.1 Å². The number of ether oxygens (including phenoxy) is 1. The van der Waals surface area contributed by atoms with Crippen LogP contribution in [-0.2, 0) is 19.5 Å². The molecule has 1 aliphatic heterocycles. The highest BCUT2D eigenvalue weighted by Crippen LogP contribution is 2.37. The summed E-state index contributed by atoms with van der Waals surface area (Å²) >= 11 is 5.19. The number of likely N-dealkylation sites (N-methyl/N-ethyl adjacent to an activating group) is 1. The molecule has 0 bridgehead atoms. The maximum Gasteiger partial charge on any atom is 0.224 e. The van der Waals surface area contributed by atoms with E-state index in [1.807, 2.05) is 25.4 Å². The fraction of sp³-hybridized carbons (Fsp3) is 0.308. The number of anilines is 4. The van der Waals surface area contributed by atoms with E-state index >= 15 is 0 Å². The molecule has 0 atom stereocenters. The first kappa shape index (κ1) is 25.5. The van der Waals surface area contributed by atoms with Gasteiger partial charge in [-0.05, 0) is 64.8 Å². The molecule has 0 saturated heterocycles. The average molecular weight is 582 g/mol. The standard InChI is InChI=1S/C26H29BrN8OS/c1-34-10-7-16-12-22(36-3)17(11-18(16)15-34)13-30-26-31-14-19(27)25(33-26)32-21-6-5-20-23(29-9-8-28-20)24(21)35(2)37-4/h5-6,8-9,11-12,14H,7,10,13,15H2,1-4H3,(H2,30,31,32,33). The van der Waals surface area contributed by atoms with Crippen molar-refractivity contribution in [3.05, 3.63) is 64.0 Å². The Labute approximate surface area is 229 Å². The summed E-state index contributed by atoms with van der Waals surface area (Å²) in [7, 11) is 5.88. The van der Waals surface area contributed by atoms with Gasteiger partial charge in [-0.3, -0.25) is 9.97 Å². The van der Waals surface area contributed by atoms with Gasteiger partial charge in [0.2, 0.25) is 5.95 Å². The fourth-order valence-corrected chi connectivity index (χ4v) is 5.14. The Morgan fingerprint density at radius 2 is 2.00 bits per heavy atom. The number of nitrogens with one attached hydrogen (secondary N) is 2. The lowest BCUT2D eigenvalue weighted by Gasteiger charge is -2.26. The van der Waals surface area contributed by atoms with Crippen LogP contribution < -0.4 is 19.7 Å². The third-order valence-corrected chi connectivity index (χ3v) is 7.75. The Balaban J connectivity index is 1.41. The SMILES string of the molecule is COc1cc2c(cc1CNc1ncc(Br)c(Nc3ccc4nccnc4c3N(C)SC)n1)CN(C)CC2. The summed E-state index contributed by atoms with van der Waals surface area (Å²) in [5, 5.41) is 6.84. The molecule has 2 N–H and O–H groups in total. The number of nitrogens with zero attached hydrogens (tertiary/aromatic N) is 6. The highest BCUT2D eigenvalue weighted by Gasteiger charge is 2.18. The zero-order valence-corrected chi connectivity index (χ0v) is 23.7. The van der Waals surface area contributed by atoms with Crippen LogP contribution in [0.2, 0.25) is 0 Å². The molecule has 0 amide bonds. The summed E-state index contributed by atoms with van der Waals surface area (Å²) in [5.41, 5.74) is 7.23. The molecule has 3 heterocycles. The van der Waals surface area contributed by atoms with Crippen LogP contribution in [0.25, 0.3) is 11.0 Å². The second-order valence-corrected chi connectivity index (χ2v) is 10.6. The van der Waals surface area contributed by atoms with Crippen molar-refractivity contribution in [2.24, 2.45) is 0 Å². The molecule has 0 saturated carbocycles. The summed E-state index contributed by atoms with van der Waals surface area (Å²) in [6, 6.07) is 8.35. The molecule has 0 radical (unpaired) electrons. The van der Waals surface area contributed by atoms with E-state index in [0.717, 1.165) is 57.7 Å². The molecule has 2 aromatic carbocycles. The van der Waals surface area contributed by atoms with Crippen molar-refractivity contribution in [3.63, 3.8) is 0 Å². The van der Waals surface area contributed by atoms with Crippen LogP contribution in [0.5, 0.6) is 5.75 Å². The smallest absolute Gasteiger partial charge is 0.224 e. The first-order valence-electron chi connectivity index (χ1n) is 11.9. The van der Waals surface area contributed by atoms with E-state index in [2.05, 4.69) is 69.9 Å². The van der Waals surface area contributed by atoms with E-state index in [4.69, 9.17) is 9.72 Å². The van der Waals surface area contributed by atoms with Crippen molar-refractivity contribution in [1.82, 2.24) is 24.8 Å². The maximum absolute atomic E-state index is 5.70. The molecule has 1 aliphatic rings. The van der Waals surface area contributed by atoms with Crippen molar-refractivity contribution in [3.8, 4) is 5.75 Å². The van der Waals surface area contributed by atoms with Gasteiger partial charge in [0.15, 0.2) is 0 Å². The molecule has 0 fully saturated rings. The normalized spacial score (nSPS) is 13.3. The highest BCUT2D eigenvalue weighted by atomic mass is 79.9. The Morgan fingerprint density at radius 3 is 2.81 bits per heavy atom. The number of fused-ring (bicyclic) bond motifs is 2. The van der Waals surface area contributed by atoms with E-state index in [1.54, 1.807) is 37.6 Å². The third kappa shape index (κ3) is 5.43. The zero-order chi connectivity index (χ0) is 25.9. The quantitative estimate of drug-likeness (QED) is 0.269. The molecular weight excluding hydrogens is 552 g/mol. The van der Waals surface area contributed by atoms with Crippen LogP contribution in [0.1, 0.15) is 16.7 Å². The van der Waals surface area contributed by atoms with Crippen LogP contribution in [0.4, 0.5) is 23.1 Å². The number of hydrogen-bond acceptors (Lipinski definition) is 10. The monoisotopic (exact) mass is 580 g/mol. The number of hydrogen-bond donors (Lipinski definition) is 2. The minimum atomic E-state index is 0.517. The molecule has 4 aromatic rings. The Kier molecular flexibility index (Phi) is 7.63. The molecule has 0 spiro atoms. The summed E-state index contributed by atoms with van der Waals surface area (Å²) < 4.78 is 8.51. The second kappa shape index (κ2) is 11.1. The first-order chi connectivity index (χ1) is 18.0. The van der Waals surface area contributed by atoms with Crippen LogP contribution >= 0.6 is 27.9 Å². The molecule has 0 unspecified atom stereocenters. The number of aromatic nitrogens is 4. The summed E-state index contributed by atoms with van der Waals surface area (Å²) in [5.74, 6) is 2.05. The van der Waals surface area contributed by atoms with Gasteiger partial charge in [0.05, 0.1) is 28.5 Å². The maximum atomic E-state index is 5.70. The van der Waals surface area contributed by atoms with E-state index in [0.29, 0.717) is 18.3 Å². The number of rotatable bonds is 8. The molecule has 11 heteroatoms. The van der Waals surface area contributed by atoms with Gasteiger partial charge in [-0.15, -0.1) is 0 Å².